The first-order valence-corrected chi connectivity index (χ1v) is 8.54. The Morgan fingerprint density at radius 1 is 1.14 bits per heavy atom. The van der Waals surface area contributed by atoms with Crippen LogP contribution in [0.2, 0.25) is 0 Å². The zero-order valence-corrected chi connectivity index (χ0v) is 13.3. The van der Waals surface area contributed by atoms with E-state index in [0.29, 0.717) is 6.04 Å². The molecule has 120 valence electrons. The minimum atomic E-state index is -0.571. The Balaban J connectivity index is 1.65. The Bertz CT molecular complexity index is 363. The molecule has 3 saturated heterocycles. The molecule has 5 heteroatoms. The summed E-state index contributed by atoms with van der Waals surface area (Å²) in [5.41, 5.74) is -0.571. The van der Waals surface area contributed by atoms with Gasteiger partial charge in [0, 0.05) is 26.2 Å². The maximum atomic E-state index is 13.0. The molecular formula is C16H29N3O2. The van der Waals surface area contributed by atoms with E-state index >= 15 is 0 Å². The SMILES string of the molecule is COC1(C(=O)N2CCCC(N3CCCC3)C2)CCNCC1. The van der Waals surface area contributed by atoms with Gasteiger partial charge < -0.3 is 15.0 Å². The number of carbonyl (C=O) groups is 1. The van der Waals surface area contributed by atoms with Gasteiger partial charge in [-0.2, -0.15) is 0 Å². The van der Waals surface area contributed by atoms with E-state index in [1.807, 2.05) is 0 Å². The first-order valence-electron chi connectivity index (χ1n) is 8.54. The topological polar surface area (TPSA) is 44.8 Å². The number of hydrogen-bond acceptors (Lipinski definition) is 4. The van der Waals surface area contributed by atoms with Gasteiger partial charge in [-0.3, -0.25) is 9.69 Å². The molecule has 3 aliphatic rings. The number of amides is 1. The summed E-state index contributed by atoms with van der Waals surface area (Å²) in [6.45, 7) is 5.99. The lowest BCUT2D eigenvalue weighted by Crippen LogP contribution is -2.59. The van der Waals surface area contributed by atoms with E-state index in [0.717, 1.165) is 45.4 Å². The molecule has 3 fully saturated rings. The van der Waals surface area contributed by atoms with Gasteiger partial charge in [0.2, 0.25) is 0 Å². The highest BCUT2D eigenvalue weighted by Crippen LogP contribution is 2.28. The van der Waals surface area contributed by atoms with Crippen molar-refractivity contribution in [1.29, 1.82) is 0 Å². The molecule has 1 atom stereocenters. The van der Waals surface area contributed by atoms with E-state index in [2.05, 4.69) is 15.1 Å². The molecule has 3 heterocycles. The normalized spacial score (nSPS) is 30.5. The lowest BCUT2D eigenvalue weighted by atomic mass is 9.89. The van der Waals surface area contributed by atoms with Crippen LogP contribution < -0.4 is 5.32 Å². The molecule has 0 aromatic heterocycles. The first-order chi connectivity index (χ1) is 10.2. The molecule has 0 saturated carbocycles. The molecule has 5 nitrogen and oxygen atoms in total. The molecule has 0 aromatic carbocycles. The second-order valence-electron chi connectivity index (χ2n) is 6.74. The van der Waals surface area contributed by atoms with Crippen LogP contribution in [-0.2, 0) is 9.53 Å². The zero-order valence-electron chi connectivity index (χ0n) is 13.3. The van der Waals surface area contributed by atoms with Crippen LogP contribution >= 0.6 is 0 Å². The van der Waals surface area contributed by atoms with Crippen molar-refractivity contribution in [2.45, 2.75) is 50.2 Å². The maximum absolute atomic E-state index is 13.0. The van der Waals surface area contributed by atoms with E-state index in [1.54, 1.807) is 7.11 Å². The molecule has 0 aliphatic carbocycles. The van der Waals surface area contributed by atoms with E-state index in [-0.39, 0.29) is 5.91 Å². The molecule has 3 rings (SSSR count). The summed E-state index contributed by atoms with van der Waals surface area (Å²) in [6.07, 6.45) is 6.60. The average molecular weight is 295 g/mol. The molecule has 3 aliphatic heterocycles. The Morgan fingerprint density at radius 3 is 2.52 bits per heavy atom. The highest BCUT2D eigenvalue weighted by atomic mass is 16.5. The number of nitrogens with zero attached hydrogens (tertiary/aromatic N) is 2. The van der Waals surface area contributed by atoms with Crippen LogP contribution in [0.25, 0.3) is 0 Å². The highest BCUT2D eigenvalue weighted by molar-refractivity contribution is 5.85. The Hall–Kier alpha value is -0.650. The minimum absolute atomic E-state index is 0.232. The van der Waals surface area contributed by atoms with Gasteiger partial charge in [0.15, 0.2) is 0 Å². The molecule has 0 spiro atoms. The predicted molar refractivity (Wildman–Crippen MR) is 82.3 cm³/mol. The second kappa shape index (κ2) is 6.63. The van der Waals surface area contributed by atoms with E-state index in [4.69, 9.17) is 4.74 Å². The molecule has 1 N–H and O–H groups in total. The van der Waals surface area contributed by atoms with Crippen molar-refractivity contribution in [3.8, 4) is 0 Å². The number of ether oxygens (including phenoxy) is 1. The molecule has 0 radical (unpaired) electrons. The van der Waals surface area contributed by atoms with Gasteiger partial charge in [0.25, 0.3) is 5.91 Å². The lowest BCUT2D eigenvalue weighted by Gasteiger charge is -2.43. The molecule has 1 amide bonds. The summed E-state index contributed by atoms with van der Waals surface area (Å²) >= 11 is 0. The van der Waals surface area contributed by atoms with Crippen molar-refractivity contribution < 1.29 is 9.53 Å². The number of carbonyl (C=O) groups excluding carboxylic acids is 1. The third kappa shape index (κ3) is 3.10. The van der Waals surface area contributed by atoms with Crippen LogP contribution in [0.4, 0.5) is 0 Å². The molecule has 0 aromatic rings. The third-order valence-corrected chi connectivity index (χ3v) is 5.53. The van der Waals surface area contributed by atoms with Gasteiger partial charge >= 0.3 is 0 Å². The van der Waals surface area contributed by atoms with Crippen LogP contribution in [0, 0.1) is 0 Å². The van der Waals surface area contributed by atoms with Crippen LogP contribution in [-0.4, -0.2) is 73.7 Å². The summed E-state index contributed by atoms with van der Waals surface area (Å²) in [5, 5.41) is 3.33. The Morgan fingerprint density at radius 2 is 1.86 bits per heavy atom. The maximum Gasteiger partial charge on any atom is 0.254 e. The van der Waals surface area contributed by atoms with Gasteiger partial charge in [-0.15, -0.1) is 0 Å². The van der Waals surface area contributed by atoms with Gasteiger partial charge in [0.1, 0.15) is 5.60 Å². The van der Waals surface area contributed by atoms with E-state index in [9.17, 15) is 4.79 Å². The average Bonchev–Trinajstić information content (AvgIpc) is 3.09. The fourth-order valence-electron chi connectivity index (χ4n) is 4.17. The van der Waals surface area contributed by atoms with Crippen LogP contribution in [0.15, 0.2) is 0 Å². The molecule has 21 heavy (non-hydrogen) atoms. The van der Waals surface area contributed by atoms with Crippen LogP contribution in [0.5, 0.6) is 0 Å². The predicted octanol–water partition coefficient (Wildman–Crippen LogP) is 0.842. The quantitative estimate of drug-likeness (QED) is 0.838. The van der Waals surface area contributed by atoms with Crippen molar-refractivity contribution >= 4 is 5.91 Å². The monoisotopic (exact) mass is 295 g/mol. The van der Waals surface area contributed by atoms with Crippen LogP contribution in [0.3, 0.4) is 0 Å². The van der Waals surface area contributed by atoms with Gasteiger partial charge in [-0.05, 0) is 64.7 Å². The summed E-state index contributed by atoms with van der Waals surface area (Å²) < 4.78 is 5.71. The fraction of sp³-hybridized carbons (Fsp3) is 0.938. The van der Waals surface area contributed by atoms with Gasteiger partial charge in [-0.25, -0.2) is 0 Å². The molecule has 1 unspecified atom stereocenters. The van der Waals surface area contributed by atoms with Crippen molar-refractivity contribution in [2.24, 2.45) is 0 Å². The summed E-state index contributed by atoms with van der Waals surface area (Å²) in [5.74, 6) is 0.232. The minimum Gasteiger partial charge on any atom is -0.368 e. The number of likely N-dealkylation sites (tertiary alicyclic amines) is 2. The lowest BCUT2D eigenvalue weighted by molar-refractivity contribution is -0.160. The Kier molecular flexibility index (Phi) is 4.82. The van der Waals surface area contributed by atoms with E-state index < -0.39 is 5.60 Å². The highest BCUT2D eigenvalue weighted by Gasteiger charge is 2.43. The van der Waals surface area contributed by atoms with Crippen molar-refractivity contribution in [1.82, 2.24) is 15.1 Å². The number of methoxy groups -OCH3 is 1. The fourth-order valence-corrected chi connectivity index (χ4v) is 4.17. The summed E-state index contributed by atoms with van der Waals surface area (Å²) in [4.78, 5) is 17.7. The summed E-state index contributed by atoms with van der Waals surface area (Å²) in [6, 6.07) is 0.570. The van der Waals surface area contributed by atoms with Crippen molar-refractivity contribution in [3.05, 3.63) is 0 Å². The standard InChI is InChI=1S/C16H29N3O2/c1-21-16(6-8-17-9-7-16)15(20)19-12-4-5-14(13-19)18-10-2-3-11-18/h14,17H,2-13H2,1H3. The summed E-state index contributed by atoms with van der Waals surface area (Å²) in [7, 11) is 1.70. The van der Waals surface area contributed by atoms with Crippen LogP contribution in [0.1, 0.15) is 38.5 Å². The molecule has 0 bridgehead atoms. The largest absolute Gasteiger partial charge is 0.368 e. The van der Waals surface area contributed by atoms with Crippen molar-refractivity contribution in [2.75, 3.05) is 46.4 Å². The second-order valence-corrected chi connectivity index (χ2v) is 6.74. The number of nitrogens with one attached hydrogen (secondary N) is 1. The zero-order chi connectivity index (χ0) is 14.7. The number of piperidine rings is 2. The van der Waals surface area contributed by atoms with Gasteiger partial charge in [0.05, 0.1) is 0 Å². The molecular weight excluding hydrogens is 266 g/mol. The van der Waals surface area contributed by atoms with E-state index in [1.165, 1.54) is 32.4 Å². The number of hydrogen-bond donors (Lipinski definition) is 1. The Labute approximate surface area is 128 Å². The third-order valence-electron chi connectivity index (χ3n) is 5.53. The smallest absolute Gasteiger partial charge is 0.254 e. The first kappa shape index (κ1) is 15.3. The van der Waals surface area contributed by atoms with Gasteiger partial charge in [-0.1, -0.05) is 0 Å². The number of rotatable bonds is 3. The van der Waals surface area contributed by atoms with Crippen molar-refractivity contribution in [3.63, 3.8) is 0 Å².